The average molecular weight is 228 g/mol. The van der Waals surface area contributed by atoms with E-state index in [0.717, 1.165) is 12.8 Å². The molecule has 0 aromatic carbocycles. The van der Waals surface area contributed by atoms with Crippen molar-refractivity contribution in [2.45, 2.75) is 32.6 Å². The molecule has 1 fully saturated rings. The van der Waals surface area contributed by atoms with Gasteiger partial charge < -0.3 is 14.9 Å². The van der Waals surface area contributed by atoms with Gasteiger partial charge in [-0.1, -0.05) is 6.92 Å². The number of rotatable bonds is 7. The van der Waals surface area contributed by atoms with Crippen molar-refractivity contribution >= 4 is 0 Å². The van der Waals surface area contributed by atoms with Crippen LogP contribution in [0.25, 0.3) is 0 Å². The summed E-state index contributed by atoms with van der Waals surface area (Å²) in [5, 5.41) is 8.71. The van der Waals surface area contributed by atoms with Gasteiger partial charge in [0.05, 0.1) is 0 Å². The number of hydrogen-bond acceptors (Lipinski definition) is 3. The van der Waals surface area contributed by atoms with Crippen molar-refractivity contribution in [3.05, 3.63) is 0 Å². The third-order valence-electron chi connectivity index (χ3n) is 3.60. The first-order valence-corrected chi connectivity index (χ1v) is 6.54. The summed E-state index contributed by atoms with van der Waals surface area (Å²) in [5.41, 5.74) is 0.487. The van der Waals surface area contributed by atoms with Crippen LogP contribution >= 0.6 is 0 Å². The van der Waals surface area contributed by atoms with Crippen LogP contribution < -0.4 is 0 Å². The Morgan fingerprint density at radius 2 is 2.06 bits per heavy atom. The van der Waals surface area contributed by atoms with Crippen molar-refractivity contribution in [1.82, 2.24) is 9.80 Å². The highest BCUT2D eigenvalue weighted by molar-refractivity contribution is 4.86. The molecular formula is C13H28N2O. The fraction of sp³-hybridized carbons (Fsp3) is 1.00. The van der Waals surface area contributed by atoms with Crippen molar-refractivity contribution in [3.8, 4) is 0 Å². The smallest absolute Gasteiger partial charge is 0.0431 e. The fourth-order valence-corrected chi connectivity index (χ4v) is 2.80. The van der Waals surface area contributed by atoms with E-state index in [-0.39, 0.29) is 0 Å². The van der Waals surface area contributed by atoms with E-state index in [0.29, 0.717) is 12.0 Å². The second kappa shape index (κ2) is 6.58. The van der Waals surface area contributed by atoms with Gasteiger partial charge in [0.15, 0.2) is 0 Å². The van der Waals surface area contributed by atoms with Gasteiger partial charge in [-0.3, -0.25) is 0 Å². The molecule has 0 aromatic rings. The second-order valence-corrected chi connectivity index (χ2v) is 5.82. The number of aliphatic hydroxyl groups is 1. The van der Waals surface area contributed by atoms with Gasteiger partial charge in [-0.2, -0.15) is 0 Å². The standard InChI is InChI=1S/C13H28N2O/c1-13(7-9-15(3)12-13)11-14(2)8-5-4-6-10-16/h16H,4-12H2,1-3H3/t13-/m0/s1. The number of aliphatic hydroxyl groups excluding tert-OH is 1. The Kier molecular flexibility index (Phi) is 5.73. The maximum Gasteiger partial charge on any atom is 0.0431 e. The van der Waals surface area contributed by atoms with E-state index in [2.05, 4.69) is 30.8 Å². The van der Waals surface area contributed by atoms with E-state index >= 15 is 0 Å². The summed E-state index contributed by atoms with van der Waals surface area (Å²) in [6.07, 6.45) is 4.64. The van der Waals surface area contributed by atoms with Gasteiger partial charge in [0, 0.05) is 19.7 Å². The summed E-state index contributed by atoms with van der Waals surface area (Å²) in [6.45, 7) is 7.59. The highest BCUT2D eigenvalue weighted by atomic mass is 16.2. The first kappa shape index (κ1) is 13.9. The van der Waals surface area contributed by atoms with Crippen molar-refractivity contribution in [1.29, 1.82) is 0 Å². The maximum absolute atomic E-state index is 8.71. The Labute approximate surface area is 100 Å². The van der Waals surface area contributed by atoms with Crippen molar-refractivity contribution in [3.63, 3.8) is 0 Å². The van der Waals surface area contributed by atoms with Crippen LogP contribution in [0.15, 0.2) is 0 Å². The lowest BCUT2D eigenvalue weighted by Gasteiger charge is -2.29. The molecule has 1 N–H and O–H groups in total. The molecule has 3 heteroatoms. The van der Waals surface area contributed by atoms with Crippen LogP contribution in [0.4, 0.5) is 0 Å². The second-order valence-electron chi connectivity index (χ2n) is 5.82. The van der Waals surface area contributed by atoms with Gasteiger partial charge in [-0.05, 0) is 58.3 Å². The Bertz CT molecular complexity index is 198. The predicted molar refractivity (Wildman–Crippen MR) is 68.7 cm³/mol. The minimum absolute atomic E-state index is 0.340. The Balaban J connectivity index is 2.15. The van der Waals surface area contributed by atoms with Crippen molar-refractivity contribution < 1.29 is 5.11 Å². The highest BCUT2D eigenvalue weighted by Crippen LogP contribution is 2.29. The van der Waals surface area contributed by atoms with Gasteiger partial charge in [-0.25, -0.2) is 0 Å². The van der Waals surface area contributed by atoms with Crippen LogP contribution in [0.2, 0.25) is 0 Å². The van der Waals surface area contributed by atoms with Crippen LogP contribution in [0.5, 0.6) is 0 Å². The third-order valence-corrected chi connectivity index (χ3v) is 3.60. The monoisotopic (exact) mass is 228 g/mol. The molecule has 1 heterocycles. The van der Waals surface area contributed by atoms with E-state index in [1.54, 1.807) is 0 Å². The largest absolute Gasteiger partial charge is 0.396 e. The number of hydrogen-bond donors (Lipinski definition) is 1. The summed E-state index contributed by atoms with van der Waals surface area (Å²) in [7, 11) is 4.44. The Hall–Kier alpha value is -0.120. The van der Waals surface area contributed by atoms with Crippen LogP contribution in [0.1, 0.15) is 32.6 Å². The average Bonchev–Trinajstić information content (AvgIpc) is 2.53. The zero-order valence-electron chi connectivity index (χ0n) is 11.2. The molecule has 0 amide bonds. The number of unbranched alkanes of at least 4 members (excludes halogenated alkanes) is 2. The molecule has 1 rings (SSSR count). The molecule has 0 unspecified atom stereocenters. The summed E-state index contributed by atoms with van der Waals surface area (Å²) in [4.78, 5) is 4.89. The first-order chi connectivity index (χ1) is 7.56. The van der Waals surface area contributed by atoms with Crippen LogP contribution in [-0.2, 0) is 0 Å². The lowest BCUT2D eigenvalue weighted by molar-refractivity contribution is 0.191. The van der Waals surface area contributed by atoms with Gasteiger partial charge in [0.25, 0.3) is 0 Å². The van der Waals surface area contributed by atoms with E-state index < -0.39 is 0 Å². The number of likely N-dealkylation sites (tertiary alicyclic amines) is 1. The van der Waals surface area contributed by atoms with Crippen LogP contribution in [-0.4, -0.2) is 61.8 Å². The minimum Gasteiger partial charge on any atom is -0.396 e. The fourth-order valence-electron chi connectivity index (χ4n) is 2.80. The molecule has 1 aliphatic heterocycles. The molecule has 0 radical (unpaired) electrons. The van der Waals surface area contributed by atoms with E-state index in [9.17, 15) is 0 Å². The molecule has 1 atom stereocenters. The molecule has 96 valence electrons. The molecule has 3 nitrogen and oxygen atoms in total. The third kappa shape index (κ3) is 4.81. The highest BCUT2D eigenvalue weighted by Gasteiger charge is 2.32. The SMILES string of the molecule is CN(CCCCCO)C[C@]1(C)CCN(C)C1. The normalized spacial score (nSPS) is 26.8. The van der Waals surface area contributed by atoms with Gasteiger partial charge in [0.1, 0.15) is 0 Å². The molecule has 0 bridgehead atoms. The maximum atomic E-state index is 8.71. The summed E-state index contributed by atoms with van der Waals surface area (Å²) in [5.74, 6) is 0. The first-order valence-electron chi connectivity index (χ1n) is 6.54. The lowest BCUT2D eigenvalue weighted by Crippen LogP contribution is -2.35. The van der Waals surface area contributed by atoms with Crippen LogP contribution in [0.3, 0.4) is 0 Å². The predicted octanol–water partition coefficient (Wildman–Crippen LogP) is 1.42. The topological polar surface area (TPSA) is 26.7 Å². The van der Waals surface area contributed by atoms with Gasteiger partial charge in [0.2, 0.25) is 0 Å². The molecule has 0 saturated carbocycles. The molecule has 0 spiro atoms. The minimum atomic E-state index is 0.340. The molecule has 16 heavy (non-hydrogen) atoms. The van der Waals surface area contributed by atoms with Gasteiger partial charge in [-0.15, -0.1) is 0 Å². The Morgan fingerprint density at radius 1 is 1.31 bits per heavy atom. The van der Waals surface area contributed by atoms with Crippen LogP contribution in [0, 0.1) is 5.41 Å². The number of nitrogens with zero attached hydrogens (tertiary/aromatic N) is 2. The molecular weight excluding hydrogens is 200 g/mol. The van der Waals surface area contributed by atoms with Crippen molar-refractivity contribution in [2.75, 3.05) is 46.9 Å². The zero-order chi connectivity index (χ0) is 12.0. The Morgan fingerprint density at radius 3 is 2.62 bits per heavy atom. The summed E-state index contributed by atoms with van der Waals surface area (Å²) < 4.78 is 0. The molecule has 0 aromatic heterocycles. The summed E-state index contributed by atoms with van der Waals surface area (Å²) in [6, 6.07) is 0. The van der Waals surface area contributed by atoms with E-state index in [1.807, 2.05) is 0 Å². The van der Waals surface area contributed by atoms with E-state index in [4.69, 9.17) is 5.11 Å². The van der Waals surface area contributed by atoms with Crippen molar-refractivity contribution in [2.24, 2.45) is 5.41 Å². The molecule has 0 aliphatic carbocycles. The lowest BCUT2D eigenvalue weighted by atomic mass is 9.89. The molecule has 1 saturated heterocycles. The van der Waals surface area contributed by atoms with E-state index in [1.165, 1.54) is 39.0 Å². The summed E-state index contributed by atoms with van der Waals surface area (Å²) >= 11 is 0. The van der Waals surface area contributed by atoms with Gasteiger partial charge >= 0.3 is 0 Å². The molecule has 1 aliphatic rings. The zero-order valence-corrected chi connectivity index (χ0v) is 11.2. The quantitative estimate of drug-likeness (QED) is 0.668.